The molecule has 0 saturated carbocycles. The predicted octanol–water partition coefficient (Wildman–Crippen LogP) is 3.29. The molecule has 0 fully saturated rings. The number of hydrogen-bond donors (Lipinski definition) is 1. The van der Waals surface area contributed by atoms with Crippen molar-refractivity contribution in [2.75, 3.05) is 27.9 Å². The van der Waals surface area contributed by atoms with E-state index < -0.39 is 0 Å². The molecule has 130 valence electrons. The molecule has 2 aromatic carbocycles. The largest absolute Gasteiger partial charge is 0.504 e. The number of methoxy groups -OCH3 is 3. The number of ether oxygens (including phenoxy) is 3. The van der Waals surface area contributed by atoms with Crippen LogP contribution in [0.25, 0.3) is 11.8 Å². The van der Waals surface area contributed by atoms with Crippen molar-refractivity contribution in [2.45, 2.75) is 13.0 Å². The Kier molecular flexibility index (Phi) is 3.71. The Morgan fingerprint density at radius 1 is 1.00 bits per heavy atom. The zero-order valence-electron chi connectivity index (χ0n) is 14.6. The second-order valence-electron chi connectivity index (χ2n) is 6.25. The molecule has 0 radical (unpaired) electrons. The first-order chi connectivity index (χ1) is 12.2. The summed E-state index contributed by atoms with van der Waals surface area (Å²) in [7, 11) is 4.91. The minimum atomic E-state index is 0.182. The van der Waals surface area contributed by atoms with E-state index in [1.165, 1.54) is 16.8 Å². The molecule has 0 saturated heterocycles. The van der Waals surface area contributed by atoms with Crippen molar-refractivity contribution in [1.29, 1.82) is 0 Å². The Morgan fingerprint density at radius 2 is 1.76 bits per heavy atom. The maximum atomic E-state index is 10.1. The van der Waals surface area contributed by atoms with E-state index >= 15 is 0 Å². The highest BCUT2D eigenvalue weighted by Gasteiger charge is 2.29. The first-order valence-electron chi connectivity index (χ1n) is 8.27. The number of phenols is 1. The lowest BCUT2D eigenvalue weighted by Gasteiger charge is -2.37. The Labute approximate surface area is 147 Å². The van der Waals surface area contributed by atoms with Crippen LogP contribution in [0.15, 0.2) is 24.3 Å². The minimum Gasteiger partial charge on any atom is -0.504 e. The van der Waals surface area contributed by atoms with E-state index in [0.717, 1.165) is 35.6 Å². The molecule has 5 heteroatoms. The summed E-state index contributed by atoms with van der Waals surface area (Å²) in [4.78, 5) is 2.32. The Balaban J connectivity index is 1.87. The molecule has 2 heterocycles. The number of fused-ring (bicyclic) bond motifs is 4. The lowest BCUT2D eigenvalue weighted by molar-refractivity contribution is 0.339. The fraction of sp³-hybridized carbons (Fsp3) is 0.300. The third kappa shape index (κ3) is 2.38. The molecular formula is C20H21NO4. The molecule has 2 aliphatic heterocycles. The van der Waals surface area contributed by atoms with Gasteiger partial charge in [0.15, 0.2) is 23.0 Å². The second kappa shape index (κ2) is 5.92. The van der Waals surface area contributed by atoms with Crippen LogP contribution in [0.5, 0.6) is 23.0 Å². The van der Waals surface area contributed by atoms with E-state index in [-0.39, 0.29) is 5.75 Å². The molecular weight excluding hydrogens is 318 g/mol. The molecule has 0 amide bonds. The summed E-state index contributed by atoms with van der Waals surface area (Å²) >= 11 is 0. The first kappa shape index (κ1) is 15.7. The van der Waals surface area contributed by atoms with Crippen molar-refractivity contribution in [3.05, 3.63) is 46.5 Å². The van der Waals surface area contributed by atoms with E-state index in [1.807, 2.05) is 6.07 Å². The summed E-state index contributed by atoms with van der Waals surface area (Å²) in [6.45, 7) is 1.62. The van der Waals surface area contributed by atoms with Crippen LogP contribution in [-0.4, -0.2) is 37.9 Å². The van der Waals surface area contributed by atoms with Gasteiger partial charge in [0, 0.05) is 29.9 Å². The summed E-state index contributed by atoms with van der Waals surface area (Å²) in [6.07, 6.45) is 3.09. The fourth-order valence-corrected chi connectivity index (χ4v) is 3.74. The lowest BCUT2D eigenvalue weighted by atomic mass is 9.90. The quantitative estimate of drug-likeness (QED) is 0.930. The van der Waals surface area contributed by atoms with Gasteiger partial charge in [-0.3, -0.25) is 0 Å². The van der Waals surface area contributed by atoms with Gasteiger partial charge in [-0.05, 0) is 41.8 Å². The Morgan fingerprint density at radius 3 is 2.48 bits per heavy atom. The van der Waals surface area contributed by atoms with Crippen LogP contribution < -0.4 is 14.2 Å². The molecule has 2 aromatic rings. The van der Waals surface area contributed by atoms with Gasteiger partial charge in [0.2, 0.25) is 0 Å². The van der Waals surface area contributed by atoms with Gasteiger partial charge in [0.1, 0.15) is 0 Å². The van der Waals surface area contributed by atoms with E-state index in [2.05, 4.69) is 23.1 Å². The maximum Gasteiger partial charge on any atom is 0.166 e. The summed E-state index contributed by atoms with van der Waals surface area (Å²) in [5, 5.41) is 10.1. The van der Waals surface area contributed by atoms with Gasteiger partial charge in [-0.1, -0.05) is 6.07 Å². The van der Waals surface area contributed by atoms with Crippen LogP contribution in [0, 0.1) is 0 Å². The number of nitrogens with zero attached hydrogens (tertiary/aromatic N) is 1. The molecule has 0 spiro atoms. The summed E-state index contributed by atoms with van der Waals surface area (Å²) in [5.41, 5.74) is 5.69. The average molecular weight is 339 g/mol. The molecule has 25 heavy (non-hydrogen) atoms. The van der Waals surface area contributed by atoms with Gasteiger partial charge in [-0.2, -0.15) is 0 Å². The fourth-order valence-electron chi connectivity index (χ4n) is 3.74. The Hall–Kier alpha value is -2.82. The monoisotopic (exact) mass is 339 g/mol. The van der Waals surface area contributed by atoms with Crippen molar-refractivity contribution in [1.82, 2.24) is 4.90 Å². The van der Waals surface area contributed by atoms with Crippen LogP contribution in [0.1, 0.15) is 22.3 Å². The molecule has 2 aliphatic rings. The maximum absolute atomic E-state index is 10.1. The lowest BCUT2D eigenvalue weighted by Crippen LogP contribution is -2.31. The van der Waals surface area contributed by atoms with Crippen molar-refractivity contribution in [3.63, 3.8) is 0 Å². The predicted molar refractivity (Wildman–Crippen MR) is 96.2 cm³/mol. The normalized spacial score (nSPS) is 14.8. The van der Waals surface area contributed by atoms with E-state index in [1.54, 1.807) is 27.4 Å². The highest BCUT2D eigenvalue weighted by Crippen LogP contribution is 2.44. The number of aromatic hydroxyl groups is 1. The average Bonchev–Trinajstić information content (AvgIpc) is 2.65. The van der Waals surface area contributed by atoms with Gasteiger partial charge in [-0.15, -0.1) is 0 Å². The zero-order chi connectivity index (χ0) is 17.6. The number of rotatable bonds is 3. The van der Waals surface area contributed by atoms with E-state index in [9.17, 15) is 5.11 Å². The minimum absolute atomic E-state index is 0.182. The highest BCUT2D eigenvalue weighted by molar-refractivity contribution is 5.87. The first-order valence-corrected chi connectivity index (χ1v) is 8.27. The van der Waals surface area contributed by atoms with Crippen LogP contribution in [0.2, 0.25) is 0 Å². The van der Waals surface area contributed by atoms with Crippen molar-refractivity contribution in [2.24, 2.45) is 0 Å². The molecule has 1 N–H and O–H groups in total. The number of benzene rings is 2. The van der Waals surface area contributed by atoms with Gasteiger partial charge in [0.05, 0.1) is 21.3 Å². The smallest absolute Gasteiger partial charge is 0.166 e. The number of hydrogen-bond acceptors (Lipinski definition) is 5. The third-order valence-electron chi connectivity index (χ3n) is 5.00. The van der Waals surface area contributed by atoms with Crippen molar-refractivity contribution in [3.8, 4) is 23.0 Å². The van der Waals surface area contributed by atoms with Crippen molar-refractivity contribution >= 4 is 11.8 Å². The summed E-state index contributed by atoms with van der Waals surface area (Å²) in [6, 6.07) is 7.74. The van der Waals surface area contributed by atoms with Crippen LogP contribution in [0.3, 0.4) is 0 Å². The van der Waals surface area contributed by atoms with E-state index in [0.29, 0.717) is 12.3 Å². The standard InChI is InChI=1S/C20H21NO4/c1-23-18-9-13-6-7-21-11-15-12(4-5-17(22)20(15)25-3)8-16(21)14(13)10-19(18)24-2/h4-5,8-10,22H,6-7,11H2,1-3H3. The van der Waals surface area contributed by atoms with Gasteiger partial charge in [-0.25, -0.2) is 0 Å². The van der Waals surface area contributed by atoms with Crippen LogP contribution in [0.4, 0.5) is 0 Å². The van der Waals surface area contributed by atoms with E-state index in [4.69, 9.17) is 14.2 Å². The molecule has 0 unspecified atom stereocenters. The zero-order valence-corrected chi connectivity index (χ0v) is 14.6. The highest BCUT2D eigenvalue weighted by atomic mass is 16.5. The summed E-state index contributed by atoms with van der Waals surface area (Å²) in [5.74, 6) is 2.24. The second-order valence-corrected chi connectivity index (χ2v) is 6.25. The molecule has 5 nitrogen and oxygen atoms in total. The SMILES string of the molecule is COc1cc2c(cc1OC)C1=Cc3ccc(O)c(OC)c3CN1CC2. The molecule has 0 bridgehead atoms. The van der Waals surface area contributed by atoms with Crippen LogP contribution in [-0.2, 0) is 13.0 Å². The van der Waals surface area contributed by atoms with Crippen molar-refractivity contribution < 1.29 is 19.3 Å². The third-order valence-corrected chi connectivity index (χ3v) is 5.00. The van der Waals surface area contributed by atoms with Crippen LogP contribution >= 0.6 is 0 Å². The van der Waals surface area contributed by atoms with Gasteiger partial charge >= 0.3 is 0 Å². The molecule has 4 rings (SSSR count). The topological polar surface area (TPSA) is 51.2 Å². The summed E-state index contributed by atoms with van der Waals surface area (Å²) < 4.78 is 16.3. The Bertz CT molecular complexity index is 872. The van der Waals surface area contributed by atoms with Gasteiger partial charge < -0.3 is 24.2 Å². The molecule has 0 atom stereocenters. The molecule has 0 aliphatic carbocycles. The van der Waals surface area contributed by atoms with Gasteiger partial charge in [0.25, 0.3) is 0 Å². The molecule has 0 aromatic heterocycles. The number of phenolic OH excluding ortho intramolecular Hbond substituents is 1.